The molecule has 6 rings (SSSR count). The van der Waals surface area contributed by atoms with Gasteiger partial charge in [-0.25, -0.2) is 0 Å². The molecule has 0 aromatic carbocycles. The first kappa shape index (κ1) is 21.9. The molecule has 2 saturated heterocycles. The monoisotopic (exact) mass is 429 g/mol. The summed E-state index contributed by atoms with van der Waals surface area (Å²) in [5.74, 6) is 1.94. The second-order valence-corrected chi connectivity index (χ2v) is 11.0. The summed E-state index contributed by atoms with van der Waals surface area (Å²) in [6.45, 7) is 11.4. The predicted octanol–water partition coefficient (Wildman–Crippen LogP) is 5.21. The van der Waals surface area contributed by atoms with Gasteiger partial charge in [-0.3, -0.25) is 0 Å². The maximum absolute atomic E-state index is 9.85. The van der Waals surface area contributed by atoms with Gasteiger partial charge in [0.2, 0.25) is 0 Å². The summed E-state index contributed by atoms with van der Waals surface area (Å²) < 4.78 is 24.8. The zero-order valence-electron chi connectivity index (χ0n) is 19.2. The van der Waals surface area contributed by atoms with Crippen LogP contribution < -0.4 is 0 Å². The number of hydrogen-bond donors (Lipinski definition) is 0. The molecular weight excluding hydrogens is 390 g/mol. The molecule has 0 N–H and O–H groups in total. The highest BCUT2D eigenvalue weighted by Crippen LogP contribution is 2.70. The molecule has 2 spiro atoms. The summed E-state index contributed by atoms with van der Waals surface area (Å²) in [6, 6.07) is 2.63. The second kappa shape index (κ2) is 7.83. The van der Waals surface area contributed by atoms with E-state index in [1.54, 1.807) is 0 Å². The summed E-state index contributed by atoms with van der Waals surface area (Å²) in [4.78, 5) is 0. The molecule has 0 amide bonds. The van der Waals surface area contributed by atoms with Gasteiger partial charge in [-0.15, -0.1) is 13.2 Å². The van der Waals surface area contributed by atoms with Crippen molar-refractivity contribution in [1.29, 1.82) is 5.26 Å². The Labute approximate surface area is 187 Å². The fraction of sp³-hybridized carbons (Fsp3) is 0.885. The van der Waals surface area contributed by atoms with Crippen molar-refractivity contribution >= 4 is 0 Å². The maximum Gasteiger partial charge on any atom is 0.174 e. The molecule has 4 aliphatic carbocycles. The average molecular weight is 430 g/mol. The minimum atomic E-state index is -0.345. The fourth-order valence-corrected chi connectivity index (χ4v) is 9.14. The summed E-state index contributed by atoms with van der Waals surface area (Å²) in [6.07, 6.45) is 10.9. The number of nitrogens with zero attached hydrogens (tertiary/aromatic N) is 1. The summed E-state index contributed by atoms with van der Waals surface area (Å²) >= 11 is 0. The Morgan fingerprint density at radius 3 is 2.23 bits per heavy atom. The highest BCUT2D eigenvalue weighted by molar-refractivity contribution is 5.15. The van der Waals surface area contributed by atoms with E-state index in [9.17, 15) is 5.26 Å². The van der Waals surface area contributed by atoms with E-state index < -0.39 is 0 Å². The van der Waals surface area contributed by atoms with Crippen LogP contribution in [0.3, 0.4) is 0 Å². The lowest BCUT2D eigenvalue weighted by atomic mass is 9.43. The molecule has 0 aromatic heterocycles. The third kappa shape index (κ3) is 2.94. The molecule has 5 nitrogen and oxygen atoms in total. The zero-order valence-corrected chi connectivity index (χ0v) is 19.2. The number of hydrogen-bond acceptors (Lipinski definition) is 5. The molecule has 5 heteroatoms. The Balaban J connectivity index is 0.000000994. The van der Waals surface area contributed by atoms with Crippen LogP contribution >= 0.6 is 0 Å². The molecule has 2 aliphatic heterocycles. The highest BCUT2D eigenvalue weighted by atomic mass is 16.7. The lowest BCUT2D eigenvalue weighted by Crippen LogP contribution is -2.59. The Kier molecular flexibility index (Phi) is 5.53. The molecule has 31 heavy (non-hydrogen) atoms. The summed E-state index contributed by atoms with van der Waals surface area (Å²) in [7, 11) is 0. The van der Waals surface area contributed by atoms with Gasteiger partial charge >= 0.3 is 0 Å². The summed E-state index contributed by atoms with van der Waals surface area (Å²) in [5.41, 5.74) is 0.297. The van der Waals surface area contributed by atoms with Gasteiger partial charge in [-0.2, -0.15) is 5.26 Å². The predicted molar refractivity (Wildman–Crippen MR) is 117 cm³/mol. The first-order valence-corrected chi connectivity index (χ1v) is 12.5. The van der Waals surface area contributed by atoms with Gasteiger partial charge < -0.3 is 18.9 Å². The molecule has 172 valence electrons. The molecule has 4 saturated carbocycles. The molecule has 0 bridgehead atoms. The van der Waals surface area contributed by atoms with Crippen molar-refractivity contribution in [2.75, 3.05) is 26.4 Å². The first-order valence-electron chi connectivity index (χ1n) is 12.5. The number of nitriles is 1. The van der Waals surface area contributed by atoms with Crippen molar-refractivity contribution in [3.8, 4) is 6.07 Å². The normalized spacial score (nSPS) is 46.5. The minimum Gasteiger partial charge on any atom is -0.348 e. The second-order valence-electron chi connectivity index (χ2n) is 11.0. The largest absolute Gasteiger partial charge is 0.348 e. The molecule has 0 aromatic rings. The standard InChI is InChI=1S/C24H35NO4.C2H4/c1-21-6-4-20-18(19(21)5-7-24(21)28-14-15-29-24)3-2-17-16-23(26-12-13-27-23)9-8-22(17,20)10-11-25;1-2/h17-20H,2-10,12-16H2,1H3;1-2H2. The van der Waals surface area contributed by atoms with E-state index in [0.29, 0.717) is 30.1 Å². The molecule has 6 atom stereocenters. The van der Waals surface area contributed by atoms with Gasteiger partial charge in [-0.1, -0.05) is 6.92 Å². The van der Waals surface area contributed by atoms with E-state index in [4.69, 9.17) is 18.9 Å². The van der Waals surface area contributed by atoms with Gasteiger partial charge in [0.1, 0.15) is 0 Å². The Morgan fingerprint density at radius 2 is 1.52 bits per heavy atom. The molecule has 2 heterocycles. The van der Waals surface area contributed by atoms with Crippen molar-refractivity contribution in [2.45, 2.75) is 82.7 Å². The van der Waals surface area contributed by atoms with Crippen LogP contribution in [-0.2, 0) is 18.9 Å². The van der Waals surface area contributed by atoms with Crippen LogP contribution in [0.15, 0.2) is 13.2 Å². The first-order chi connectivity index (χ1) is 15.1. The van der Waals surface area contributed by atoms with E-state index in [1.807, 2.05) is 0 Å². The van der Waals surface area contributed by atoms with Gasteiger partial charge in [0, 0.05) is 31.1 Å². The van der Waals surface area contributed by atoms with Crippen LogP contribution in [0, 0.1) is 45.8 Å². The highest BCUT2D eigenvalue weighted by Gasteiger charge is 2.68. The molecule has 6 aliphatic rings. The third-order valence-corrected chi connectivity index (χ3v) is 10.4. The van der Waals surface area contributed by atoms with Crippen LogP contribution in [-0.4, -0.2) is 38.0 Å². The van der Waals surface area contributed by atoms with E-state index in [-0.39, 0.29) is 22.4 Å². The van der Waals surface area contributed by atoms with Crippen molar-refractivity contribution in [2.24, 2.45) is 34.5 Å². The van der Waals surface area contributed by atoms with Gasteiger partial charge in [0.05, 0.1) is 32.5 Å². The number of ether oxygens (including phenoxy) is 4. The minimum absolute atomic E-state index is 0.138. The Bertz CT molecular complexity index is 721. The van der Waals surface area contributed by atoms with Crippen molar-refractivity contribution in [3.05, 3.63) is 13.2 Å². The average Bonchev–Trinajstić information content (AvgIpc) is 3.52. The zero-order chi connectivity index (χ0) is 21.7. The van der Waals surface area contributed by atoms with Gasteiger partial charge in [0.15, 0.2) is 11.6 Å². The SMILES string of the molecule is C=C.CC12CCC3C(CCC4CC5(CCC43CC#N)OCCO5)C1CCC21OCCO1. The Morgan fingerprint density at radius 1 is 0.839 bits per heavy atom. The lowest BCUT2D eigenvalue weighted by molar-refractivity contribution is -0.259. The number of rotatable bonds is 1. The molecular formula is C26H39NO4. The molecule has 6 unspecified atom stereocenters. The van der Waals surface area contributed by atoms with Crippen LogP contribution in [0.1, 0.15) is 71.1 Å². The van der Waals surface area contributed by atoms with E-state index in [1.165, 1.54) is 32.1 Å². The topological polar surface area (TPSA) is 60.7 Å². The van der Waals surface area contributed by atoms with Gasteiger partial charge in [-0.05, 0) is 67.6 Å². The Hall–Kier alpha value is -0.930. The fourth-order valence-electron chi connectivity index (χ4n) is 9.14. The molecule has 0 radical (unpaired) electrons. The van der Waals surface area contributed by atoms with E-state index in [0.717, 1.165) is 52.1 Å². The maximum atomic E-state index is 9.85. The van der Waals surface area contributed by atoms with Crippen molar-refractivity contribution in [1.82, 2.24) is 0 Å². The lowest BCUT2D eigenvalue weighted by Gasteiger charge is -2.62. The van der Waals surface area contributed by atoms with Crippen molar-refractivity contribution in [3.63, 3.8) is 0 Å². The van der Waals surface area contributed by atoms with Crippen LogP contribution in [0.25, 0.3) is 0 Å². The molecule has 6 fully saturated rings. The third-order valence-electron chi connectivity index (χ3n) is 10.4. The van der Waals surface area contributed by atoms with Crippen LogP contribution in [0.4, 0.5) is 0 Å². The van der Waals surface area contributed by atoms with Gasteiger partial charge in [0.25, 0.3) is 0 Å². The quantitative estimate of drug-likeness (QED) is 0.536. The van der Waals surface area contributed by atoms with Crippen LogP contribution in [0.5, 0.6) is 0 Å². The smallest absolute Gasteiger partial charge is 0.174 e. The van der Waals surface area contributed by atoms with Crippen LogP contribution in [0.2, 0.25) is 0 Å². The van der Waals surface area contributed by atoms with E-state index in [2.05, 4.69) is 26.2 Å². The van der Waals surface area contributed by atoms with Crippen molar-refractivity contribution < 1.29 is 18.9 Å². The summed E-state index contributed by atoms with van der Waals surface area (Å²) in [5, 5.41) is 9.85. The number of fused-ring (bicyclic) bond motifs is 6. The van der Waals surface area contributed by atoms with E-state index >= 15 is 0 Å².